The molecule has 0 saturated heterocycles. The fourth-order valence-corrected chi connectivity index (χ4v) is 1.41. The summed E-state index contributed by atoms with van der Waals surface area (Å²) in [6.07, 6.45) is 8.25. The van der Waals surface area contributed by atoms with Gasteiger partial charge in [-0.25, -0.2) is 4.98 Å². The summed E-state index contributed by atoms with van der Waals surface area (Å²) in [5.41, 5.74) is 6.50. The van der Waals surface area contributed by atoms with Crippen molar-refractivity contribution in [3.8, 4) is 0 Å². The van der Waals surface area contributed by atoms with E-state index in [0.29, 0.717) is 24.3 Å². The second-order valence-corrected chi connectivity index (χ2v) is 3.52. The van der Waals surface area contributed by atoms with E-state index in [0.717, 1.165) is 0 Å². The summed E-state index contributed by atoms with van der Waals surface area (Å²) in [6, 6.07) is 1.60. The van der Waals surface area contributed by atoms with E-state index in [-0.39, 0.29) is 5.91 Å². The minimum atomic E-state index is -0.212. The summed E-state index contributed by atoms with van der Waals surface area (Å²) in [5.74, 6) is -0.212. The van der Waals surface area contributed by atoms with Crippen LogP contribution in [0.3, 0.4) is 0 Å². The van der Waals surface area contributed by atoms with Crippen molar-refractivity contribution in [3.63, 3.8) is 0 Å². The third-order valence-electron chi connectivity index (χ3n) is 2.31. The van der Waals surface area contributed by atoms with Crippen LogP contribution >= 0.6 is 0 Å². The van der Waals surface area contributed by atoms with Crippen molar-refractivity contribution in [1.82, 2.24) is 19.9 Å². The smallest absolute Gasteiger partial charge is 0.255 e. The molecule has 0 spiro atoms. The Hall–Kier alpha value is -2.37. The quantitative estimate of drug-likeness (QED) is 0.792. The number of amides is 1. The normalized spacial score (nSPS) is 10.1. The molecule has 0 atom stereocenters. The third-order valence-corrected chi connectivity index (χ3v) is 2.31. The van der Waals surface area contributed by atoms with Gasteiger partial charge in [0, 0.05) is 43.6 Å². The van der Waals surface area contributed by atoms with Gasteiger partial charge in [0.25, 0.3) is 5.91 Å². The van der Waals surface area contributed by atoms with Gasteiger partial charge < -0.3 is 15.6 Å². The van der Waals surface area contributed by atoms with Gasteiger partial charge in [0.2, 0.25) is 0 Å². The number of nitrogens with two attached hydrogens (primary N) is 1. The Morgan fingerprint density at radius 1 is 1.41 bits per heavy atom. The van der Waals surface area contributed by atoms with Crippen LogP contribution in [0.1, 0.15) is 10.4 Å². The number of pyridine rings is 1. The highest BCUT2D eigenvalue weighted by atomic mass is 16.1. The van der Waals surface area contributed by atoms with Crippen LogP contribution in [0.4, 0.5) is 5.69 Å². The molecule has 3 N–H and O–H groups in total. The highest BCUT2D eigenvalue weighted by Gasteiger charge is 2.08. The molecule has 2 heterocycles. The number of hydrogen-bond donors (Lipinski definition) is 2. The van der Waals surface area contributed by atoms with E-state index in [9.17, 15) is 4.79 Å². The first-order chi connectivity index (χ1) is 8.27. The number of nitrogens with zero attached hydrogens (tertiary/aromatic N) is 3. The molecule has 0 aliphatic heterocycles. The maximum absolute atomic E-state index is 11.7. The number of hydrogen-bond acceptors (Lipinski definition) is 4. The summed E-state index contributed by atoms with van der Waals surface area (Å²) in [5, 5.41) is 2.77. The van der Waals surface area contributed by atoms with Gasteiger partial charge in [-0.1, -0.05) is 0 Å². The van der Waals surface area contributed by atoms with E-state index in [2.05, 4.69) is 15.3 Å². The molecule has 2 aromatic heterocycles. The minimum absolute atomic E-state index is 0.212. The van der Waals surface area contributed by atoms with Gasteiger partial charge in [0.1, 0.15) is 0 Å². The molecule has 6 heteroatoms. The SMILES string of the molecule is Nc1ccncc1C(=O)NCCn1ccnc1. The Bertz CT molecular complexity index is 494. The topological polar surface area (TPSA) is 85.8 Å². The van der Waals surface area contributed by atoms with Gasteiger partial charge in [-0.3, -0.25) is 9.78 Å². The average Bonchev–Trinajstić information content (AvgIpc) is 2.82. The molecule has 88 valence electrons. The van der Waals surface area contributed by atoms with Crippen LogP contribution in [0.5, 0.6) is 0 Å². The monoisotopic (exact) mass is 231 g/mol. The van der Waals surface area contributed by atoms with Crippen molar-refractivity contribution in [2.45, 2.75) is 6.54 Å². The number of aromatic nitrogens is 3. The lowest BCUT2D eigenvalue weighted by atomic mass is 10.2. The Morgan fingerprint density at radius 3 is 3.00 bits per heavy atom. The van der Waals surface area contributed by atoms with Crippen LogP contribution in [-0.2, 0) is 6.54 Å². The van der Waals surface area contributed by atoms with Crippen LogP contribution < -0.4 is 11.1 Å². The first kappa shape index (κ1) is 11.1. The predicted octanol–water partition coefficient (Wildman–Crippen LogP) is 0.290. The molecule has 0 radical (unpaired) electrons. The lowest BCUT2D eigenvalue weighted by Crippen LogP contribution is -2.27. The molecular weight excluding hydrogens is 218 g/mol. The summed E-state index contributed by atoms with van der Waals surface area (Å²) in [7, 11) is 0. The van der Waals surface area contributed by atoms with Crippen molar-refractivity contribution < 1.29 is 4.79 Å². The van der Waals surface area contributed by atoms with Gasteiger partial charge in [0.05, 0.1) is 11.9 Å². The summed E-state index contributed by atoms with van der Waals surface area (Å²) < 4.78 is 1.88. The summed E-state index contributed by atoms with van der Waals surface area (Å²) in [6.45, 7) is 1.19. The summed E-state index contributed by atoms with van der Waals surface area (Å²) in [4.78, 5) is 19.5. The number of rotatable bonds is 4. The van der Waals surface area contributed by atoms with E-state index >= 15 is 0 Å². The molecule has 0 fully saturated rings. The molecule has 0 aliphatic rings. The van der Waals surface area contributed by atoms with Crippen molar-refractivity contribution >= 4 is 11.6 Å². The lowest BCUT2D eigenvalue weighted by Gasteiger charge is -2.07. The number of carbonyl (C=O) groups is 1. The fraction of sp³-hybridized carbons (Fsp3) is 0.182. The number of imidazole rings is 1. The number of carbonyl (C=O) groups excluding carboxylic acids is 1. The minimum Gasteiger partial charge on any atom is -0.398 e. The van der Waals surface area contributed by atoms with Crippen LogP contribution in [-0.4, -0.2) is 27.0 Å². The predicted molar refractivity (Wildman–Crippen MR) is 63.2 cm³/mol. The van der Waals surface area contributed by atoms with E-state index in [1.807, 2.05) is 10.8 Å². The molecule has 2 aromatic rings. The van der Waals surface area contributed by atoms with Gasteiger partial charge >= 0.3 is 0 Å². The van der Waals surface area contributed by atoms with Crippen LogP contribution in [0, 0.1) is 0 Å². The molecule has 0 aromatic carbocycles. The zero-order valence-corrected chi connectivity index (χ0v) is 9.21. The number of anilines is 1. The molecule has 0 unspecified atom stereocenters. The van der Waals surface area contributed by atoms with Gasteiger partial charge in [0.15, 0.2) is 0 Å². The van der Waals surface area contributed by atoms with Crippen LogP contribution in [0.2, 0.25) is 0 Å². The molecule has 0 bridgehead atoms. The van der Waals surface area contributed by atoms with Gasteiger partial charge in [-0.2, -0.15) is 0 Å². The Labute approximate surface area is 98.5 Å². The molecule has 2 rings (SSSR count). The Morgan fingerprint density at radius 2 is 2.29 bits per heavy atom. The third kappa shape index (κ3) is 2.81. The largest absolute Gasteiger partial charge is 0.398 e. The second-order valence-electron chi connectivity index (χ2n) is 3.52. The van der Waals surface area contributed by atoms with E-state index in [1.165, 1.54) is 6.20 Å². The second kappa shape index (κ2) is 5.11. The first-order valence-corrected chi connectivity index (χ1v) is 5.21. The standard InChI is InChI=1S/C11H13N5O/c12-10-1-2-13-7-9(10)11(17)15-4-6-16-5-3-14-8-16/h1-3,5,7-8H,4,6H2,(H2,12,13)(H,15,17). The zero-order valence-electron chi connectivity index (χ0n) is 9.21. The molecule has 17 heavy (non-hydrogen) atoms. The van der Waals surface area contributed by atoms with Gasteiger partial charge in [-0.05, 0) is 6.07 Å². The van der Waals surface area contributed by atoms with E-state index < -0.39 is 0 Å². The molecular formula is C11H13N5O. The Kier molecular flexibility index (Phi) is 3.34. The molecule has 0 aliphatic carbocycles. The summed E-state index contributed by atoms with van der Waals surface area (Å²) >= 11 is 0. The fourth-order valence-electron chi connectivity index (χ4n) is 1.41. The van der Waals surface area contributed by atoms with Crippen molar-refractivity contribution in [1.29, 1.82) is 0 Å². The maximum Gasteiger partial charge on any atom is 0.255 e. The average molecular weight is 231 g/mol. The van der Waals surface area contributed by atoms with Gasteiger partial charge in [-0.15, -0.1) is 0 Å². The molecule has 1 amide bonds. The van der Waals surface area contributed by atoms with Crippen molar-refractivity contribution in [3.05, 3.63) is 42.7 Å². The zero-order chi connectivity index (χ0) is 12.1. The highest BCUT2D eigenvalue weighted by molar-refractivity contribution is 5.98. The Balaban J connectivity index is 1.88. The van der Waals surface area contributed by atoms with E-state index in [1.54, 1.807) is 24.8 Å². The number of nitrogen functional groups attached to an aromatic ring is 1. The van der Waals surface area contributed by atoms with Crippen LogP contribution in [0.15, 0.2) is 37.2 Å². The first-order valence-electron chi connectivity index (χ1n) is 5.21. The van der Waals surface area contributed by atoms with E-state index in [4.69, 9.17) is 5.73 Å². The number of nitrogens with one attached hydrogen (secondary N) is 1. The molecule has 6 nitrogen and oxygen atoms in total. The van der Waals surface area contributed by atoms with Crippen molar-refractivity contribution in [2.24, 2.45) is 0 Å². The highest BCUT2D eigenvalue weighted by Crippen LogP contribution is 2.07. The lowest BCUT2D eigenvalue weighted by molar-refractivity contribution is 0.0953. The maximum atomic E-state index is 11.7. The van der Waals surface area contributed by atoms with Crippen molar-refractivity contribution in [2.75, 3.05) is 12.3 Å². The van der Waals surface area contributed by atoms with Crippen LogP contribution in [0.25, 0.3) is 0 Å². The molecule has 0 saturated carbocycles.